The van der Waals surface area contributed by atoms with Crippen LogP contribution in [-0.4, -0.2) is 9.55 Å². The minimum Gasteiger partial charge on any atom is -0.317 e. The Labute approximate surface area is 108 Å². The van der Waals surface area contributed by atoms with Crippen molar-refractivity contribution in [2.24, 2.45) is 0 Å². The number of imidazole rings is 1. The quantitative estimate of drug-likeness (QED) is 0.812. The fourth-order valence-corrected chi connectivity index (χ4v) is 1.69. The first-order valence-electron chi connectivity index (χ1n) is 5.23. The summed E-state index contributed by atoms with van der Waals surface area (Å²) < 4.78 is 14.6. The summed E-state index contributed by atoms with van der Waals surface area (Å²) in [6.07, 6.45) is 1.32. The number of benzene rings is 1. The predicted molar refractivity (Wildman–Crippen MR) is 61.9 cm³/mol. The molecular formula is C13H6FN5. The van der Waals surface area contributed by atoms with Gasteiger partial charge in [-0.1, -0.05) is 0 Å². The van der Waals surface area contributed by atoms with E-state index in [0.29, 0.717) is 11.1 Å². The van der Waals surface area contributed by atoms with E-state index >= 15 is 0 Å². The Kier molecular flexibility index (Phi) is 3.23. The molecule has 0 radical (unpaired) electrons. The van der Waals surface area contributed by atoms with Crippen LogP contribution in [0.1, 0.15) is 22.5 Å². The van der Waals surface area contributed by atoms with E-state index in [1.54, 1.807) is 6.07 Å². The third-order valence-electron chi connectivity index (χ3n) is 2.58. The van der Waals surface area contributed by atoms with Crippen LogP contribution in [0.4, 0.5) is 4.39 Å². The van der Waals surface area contributed by atoms with Gasteiger partial charge in [-0.25, -0.2) is 9.37 Å². The molecule has 0 atom stereocenters. The lowest BCUT2D eigenvalue weighted by Gasteiger charge is -2.06. The lowest BCUT2D eigenvalue weighted by molar-refractivity contribution is 0.623. The van der Waals surface area contributed by atoms with E-state index in [1.165, 1.54) is 29.1 Å². The zero-order valence-electron chi connectivity index (χ0n) is 9.63. The Bertz CT molecular complexity index is 755. The summed E-state index contributed by atoms with van der Waals surface area (Å²) in [4.78, 5) is 3.78. The minimum absolute atomic E-state index is 0.0115. The molecule has 0 spiro atoms. The molecule has 90 valence electrons. The lowest BCUT2D eigenvalue weighted by Crippen LogP contribution is -2.04. The third kappa shape index (κ3) is 2.26. The largest absolute Gasteiger partial charge is 0.317 e. The first kappa shape index (κ1) is 12.3. The van der Waals surface area contributed by atoms with Gasteiger partial charge in [0, 0.05) is 0 Å². The summed E-state index contributed by atoms with van der Waals surface area (Å²) in [7, 11) is 0. The number of nitriles is 3. The number of hydrogen-bond donors (Lipinski definition) is 0. The standard InChI is InChI=1S/C13H6FN5/c14-11-2-1-9(4-15)10(3-11)7-19-8-18-12(5-16)13(19)6-17/h1-3,8H,7H2. The minimum atomic E-state index is -0.465. The third-order valence-corrected chi connectivity index (χ3v) is 2.58. The van der Waals surface area contributed by atoms with Gasteiger partial charge in [0.05, 0.1) is 24.5 Å². The van der Waals surface area contributed by atoms with Gasteiger partial charge in [-0.3, -0.25) is 0 Å². The first-order valence-corrected chi connectivity index (χ1v) is 5.23. The van der Waals surface area contributed by atoms with E-state index in [2.05, 4.69) is 4.98 Å². The highest BCUT2D eigenvalue weighted by atomic mass is 19.1. The SMILES string of the molecule is N#Cc1ccc(F)cc1Cn1cnc(C#N)c1C#N. The fourth-order valence-electron chi connectivity index (χ4n) is 1.69. The van der Waals surface area contributed by atoms with Crippen molar-refractivity contribution in [1.82, 2.24) is 9.55 Å². The van der Waals surface area contributed by atoms with Gasteiger partial charge in [-0.05, 0) is 23.8 Å². The molecule has 0 amide bonds. The molecule has 0 bridgehead atoms. The second-order valence-corrected chi connectivity index (χ2v) is 3.71. The Balaban J connectivity index is 2.46. The average molecular weight is 251 g/mol. The molecule has 2 aromatic rings. The van der Waals surface area contributed by atoms with Crippen molar-refractivity contribution in [3.05, 3.63) is 52.9 Å². The van der Waals surface area contributed by atoms with Gasteiger partial charge in [-0.15, -0.1) is 0 Å². The number of hydrogen-bond acceptors (Lipinski definition) is 4. The summed E-state index contributed by atoms with van der Waals surface area (Å²) in [5.74, 6) is -0.465. The number of aromatic nitrogens is 2. The van der Waals surface area contributed by atoms with E-state index < -0.39 is 5.82 Å². The molecule has 2 rings (SSSR count). The van der Waals surface area contributed by atoms with Crippen molar-refractivity contribution in [1.29, 1.82) is 15.8 Å². The van der Waals surface area contributed by atoms with Crippen LogP contribution >= 0.6 is 0 Å². The molecule has 0 aliphatic rings. The molecular weight excluding hydrogens is 245 g/mol. The summed E-state index contributed by atoms with van der Waals surface area (Å²) >= 11 is 0. The van der Waals surface area contributed by atoms with Gasteiger partial charge in [0.15, 0.2) is 11.4 Å². The monoisotopic (exact) mass is 251 g/mol. The number of rotatable bonds is 2. The number of nitrogens with zero attached hydrogens (tertiary/aromatic N) is 5. The normalized spacial score (nSPS) is 9.37. The van der Waals surface area contributed by atoms with Crippen molar-refractivity contribution in [3.8, 4) is 18.2 Å². The fraction of sp³-hybridized carbons (Fsp3) is 0.0769. The van der Waals surface area contributed by atoms with Crippen LogP contribution in [0.3, 0.4) is 0 Å². The van der Waals surface area contributed by atoms with E-state index in [9.17, 15) is 4.39 Å². The zero-order valence-corrected chi connectivity index (χ0v) is 9.63. The van der Waals surface area contributed by atoms with E-state index in [1.807, 2.05) is 12.1 Å². The van der Waals surface area contributed by atoms with Crippen LogP contribution < -0.4 is 0 Å². The smallest absolute Gasteiger partial charge is 0.176 e. The van der Waals surface area contributed by atoms with Crippen LogP contribution in [-0.2, 0) is 6.54 Å². The maximum Gasteiger partial charge on any atom is 0.176 e. The van der Waals surface area contributed by atoms with E-state index in [0.717, 1.165) is 0 Å². The Morgan fingerprint density at radius 2 is 1.95 bits per heavy atom. The Hall–Kier alpha value is -3.17. The van der Waals surface area contributed by atoms with Crippen molar-refractivity contribution in [2.45, 2.75) is 6.54 Å². The Morgan fingerprint density at radius 3 is 2.58 bits per heavy atom. The van der Waals surface area contributed by atoms with Gasteiger partial charge in [0.25, 0.3) is 0 Å². The van der Waals surface area contributed by atoms with Crippen LogP contribution in [0.2, 0.25) is 0 Å². The molecule has 0 saturated carbocycles. The highest BCUT2D eigenvalue weighted by Crippen LogP contribution is 2.14. The van der Waals surface area contributed by atoms with Crippen molar-refractivity contribution in [3.63, 3.8) is 0 Å². The van der Waals surface area contributed by atoms with E-state index in [-0.39, 0.29) is 17.9 Å². The maximum absolute atomic E-state index is 13.2. The second-order valence-electron chi connectivity index (χ2n) is 3.71. The summed E-state index contributed by atoms with van der Waals surface area (Å²) in [5.41, 5.74) is 0.853. The Morgan fingerprint density at radius 1 is 1.16 bits per heavy atom. The first-order chi connectivity index (χ1) is 9.19. The summed E-state index contributed by atoms with van der Waals surface area (Å²) in [5, 5.41) is 26.7. The van der Waals surface area contributed by atoms with Crippen LogP contribution in [0.25, 0.3) is 0 Å². The second kappa shape index (κ2) is 5.00. The molecule has 1 aromatic heterocycles. The van der Waals surface area contributed by atoms with Crippen molar-refractivity contribution >= 4 is 0 Å². The summed E-state index contributed by atoms with van der Waals surface area (Å²) in [6, 6.07) is 9.42. The van der Waals surface area contributed by atoms with Crippen LogP contribution in [0.5, 0.6) is 0 Å². The average Bonchev–Trinajstić information content (AvgIpc) is 2.81. The molecule has 0 unspecified atom stereocenters. The molecule has 5 nitrogen and oxygen atoms in total. The zero-order chi connectivity index (χ0) is 13.8. The van der Waals surface area contributed by atoms with E-state index in [4.69, 9.17) is 15.8 Å². The molecule has 6 heteroatoms. The number of halogens is 1. The van der Waals surface area contributed by atoms with Crippen molar-refractivity contribution < 1.29 is 4.39 Å². The molecule has 0 aliphatic carbocycles. The predicted octanol–water partition coefficient (Wildman–Crippen LogP) is 1.69. The molecule has 0 saturated heterocycles. The maximum atomic E-state index is 13.2. The van der Waals surface area contributed by atoms with Crippen molar-refractivity contribution in [2.75, 3.05) is 0 Å². The van der Waals surface area contributed by atoms with Gasteiger partial charge >= 0.3 is 0 Å². The molecule has 19 heavy (non-hydrogen) atoms. The summed E-state index contributed by atoms with van der Waals surface area (Å²) in [6.45, 7) is 0.109. The van der Waals surface area contributed by atoms with Gasteiger partial charge in [0.2, 0.25) is 0 Å². The van der Waals surface area contributed by atoms with Gasteiger partial charge in [-0.2, -0.15) is 15.8 Å². The van der Waals surface area contributed by atoms with Crippen LogP contribution in [0.15, 0.2) is 24.5 Å². The lowest BCUT2D eigenvalue weighted by atomic mass is 10.1. The molecule has 0 N–H and O–H groups in total. The topological polar surface area (TPSA) is 89.2 Å². The molecule has 0 fully saturated rings. The highest BCUT2D eigenvalue weighted by molar-refractivity contribution is 5.40. The highest BCUT2D eigenvalue weighted by Gasteiger charge is 2.12. The molecule has 0 aliphatic heterocycles. The van der Waals surface area contributed by atoms with Gasteiger partial charge in [0.1, 0.15) is 18.0 Å². The molecule has 1 heterocycles. The molecule has 1 aromatic carbocycles. The van der Waals surface area contributed by atoms with Crippen LogP contribution in [0, 0.1) is 39.8 Å². The van der Waals surface area contributed by atoms with Gasteiger partial charge < -0.3 is 4.57 Å².